The van der Waals surface area contributed by atoms with Gasteiger partial charge in [0, 0.05) is 16.6 Å². The summed E-state index contributed by atoms with van der Waals surface area (Å²) in [6.45, 7) is 10.8. The Hall–Kier alpha value is -3.05. The summed E-state index contributed by atoms with van der Waals surface area (Å²) in [6, 6.07) is 8.67. The molecule has 0 aliphatic carbocycles. The summed E-state index contributed by atoms with van der Waals surface area (Å²) in [5.74, 6) is 1.66. The number of carbonyl (C=O) groups excluding carboxylic acids is 2. The molecule has 1 aromatic heterocycles. The molecule has 1 aliphatic rings. The van der Waals surface area contributed by atoms with E-state index in [9.17, 15) is 9.59 Å². The summed E-state index contributed by atoms with van der Waals surface area (Å²) in [4.78, 5) is 25.8. The number of anilines is 1. The van der Waals surface area contributed by atoms with Gasteiger partial charge in [-0.3, -0.25) is 9.59 Å². The van der Waals surface area contributed by atoms with E-state index in [2.05, 4.69) is 36.8 Å². The number of ether oxygens (including phenoxy) is 2. The van der Waals surface area contributed by atoms with Crippen LogP contribution in [0.1, 0.15) is 54.1 Å². The topological polar surface area (TPSA) is 107 Å². The van der Waals surface area contributed by atoms with Gasteiger partial charge in [0.05, 0.1) is 17.5 Å². The molecule has 9 nitrogen and oxygen atoms in total. The van der Waals surface area contributed by atoms with Gasteiger partial charge in [-0.25, -0.2) is 0 Å². The van der Waals surface area contributed by atoms with Crippen molar-refractivity contribution >= 4 is 45.2 Å². The minimum atomic E-state index is -0.375. The summed E-state index contributed by atoms with van der Waals surface area (Å²) in [5, 5.41) is 15.4. The van der Waals surface area contributed by atoms with E-state index in [4.69, 9.17) is 9.47 Å². The fourth-order valence-corrected chi connectivity index (χ4v) is 5.29. The SMILES string of the molecule is CCn1c(SCC(=O)Nc2cc(C)c(C)cc2Br)nnc1C(NC(=O)c1ccc2c(c1)OCO2)C(C)C. The molecule has 37 heavy (non-hydrogen) atoms. The molecule has 1 unspecified atom stereocenters. The standard InChI is InChI=1S/C26H30BrN5O4S/c1-6-32-24(23(14(2)3)29-25(34)17-7-8-20-21(11-17)36-13-35-20)30-31-26(32)37-12-22(33)28-19-10-16(5)15(4)9-18(19)27/h7-11,14,23H,6,12-13H2,1-5H3,(H,28,33)(H,29,34). The number of aromatic nitrogens is 3. The lowest BCUT2D eigenvalue weighted by atomic mass is 10.0. The van der Waals surface area contributed by atoms with E-state index < -0.39 is 0 Å². The first-order chi connectivity index (χ1) is 17.7. The van der Waals surface area contributed by atoms with Gasteiger partial charge in [0.15, 0.2) is 22.5 Å². The molecule has 0 spiro atoms. The van der Waals surface area contributed by atoms with Crippen LogP contribution in [0, 0.1) is 19.8 Å². The first-order valence-corrected chi connectivity index (χ1v) is 13.8. The number of amides is 2. The number of hydrogen-bond acceptors (Lipinski definition) is 7. The highest BCUT2D eigenvalue weighted by molar-refractivity contribution is 9.10. The highest BCUT2D eigenvalue weighted by Crippen LogP contribution is 2.33. The van der Waals surface area contributed by atoms with Crippen LogP contribution in [0.15, 0.2) is 40.0 Å². The van der Waals surface area contributed by atoms with Crippen molar-refractivity contribution in [2.75, 3.05) is 17.9 Å². The van der Waals surface area contributed by atoms with Crippen LogP contribution in [0.5, 0.6) is 11.5 Å². The number of rotatable bonds is 9. The molecular weight excluding hydrogens is 558 g/mol. The molecule has 4 rings (SSSR count). The summed E-state index contributed by atoms with van der Waals surface area (Å²) >= 11 is 4.83. The minimum absolute atomic E-state index is 0.0516. The van der Waals surface area contributed by atoms with E-state index in [1.807, 2.05) is 51.3 Å². The second-order valence-electron chi connectivity index (χ2n) is 9.10. The third-order valence-corrected chi connectivity index (χ3v) is 7.74. The molecule has 0 saturated carbocycles. The molecule has 11 heteroatoms. The third kappa shape index (κ3) is 6.10. The maximum atomic E-state index is 13.1. The molecule has 1 aliphatic heterocycles. The largest absolute Gasteiger partial charge is 0.454 e. The number of carbonyl (C=O) groups is 2. The van der Waals surface area contributed by atoms with Crippen LogP contribution >= 0.6 is 27.7 Å². The third-order valence-electron chi connectivity index (χ3n) is 6.12. The molecule has 2 amide bonds. The molecular formula is C26H30BrN5O4S. The Kier molecular flexibility index (Phi) is 8.43. The Morgan fingerprint density at radius 3 is 2.57 bits per heavy atom. The van der Waals surface area contributed by atoms with Crippen LogP contribution in [-0.4, -0.2) is 39.1 Å². The van der Waals surface area contributed by atoms with Gasteiger partial charge >= 0.3 is 0 Å². The van der Waals surface area contributed by atoms with Crippen molar-refractivity contribution in [2.45, 2.75) is 52.4 Å². The van der Waals surface area contributed by atoms with Crippen molar-refractivity contribution in [3.8, 4) is 11.5 Å². The van der Waals surface area contributed by atoms with Gasteiger partial charge in [-0.2, -0.15) is 0 Å². The maximum absolute atomic E-state index is 13.1. The van der Waals surface area contributed by atoms with Crippen LogP contribution in [-0.2, 0) is 11.3 Å². The molecule has 0 fully saturated rings. The van der Waals surface area contributed by atoms with Crippen LogP contribution in [0.4, 0.5) is 5.69 Å². The van der Waals surface area contributed by atoms with Gasteiger partial charge < -0.3 is 24.7 Å². The summed E-state index contributed by atoms with van der Waals surface area (Å²) < 4.78 is 13.5. The molecule has 0 saturated heterocycles. The monoisotopic (exact) mass is 587 g/mol. The normalized spacial score (nSPS) is 13.1. The van der Waals surface area contributed by atoms with Crippen LogP contribution < -0.4 is 20.1 Å². The fraction of sp³-hybridized carbons (Fsp3) is 0.385. The number of aryl methyl sites for hydroxylation is 2. The lowest BCUT2D eigenvalue weighted by molar-refractivity contribution is -0.113. The van der Waals surface area contributed by atoms with Crippen LogP contribution in [0.25, 0.3) is 0 Å². The van der Waals surface area contributed by atoms with Crippen LogP contribution in [0.3, 0.4) is 0 Å². The molecule has 0 radical (unpaired) electrons. The Balaban J connectivity index is 1.45. The number of benzene rings is 2. The first kappa shape index (κ1) is 27.0. The van der Waals surface area contributed by atoms with Gasteiger partial charge in [-0.05, 0) is 84.1 Å². The number of nitrogens with one attached hydrogen (secondary N) is 2. The zero-order valence-electron chi connectivity index (χ0n) is 21.4. The van der Waals surface area contributed by atoms with Gasteiger partial charge in [0.2, 0.25) is 12.7 Å². The van der Waals surface area contributed by atoms with E-state index in [1.54, 1.807) is 18.2 Å². The quantitative estimate of drug-likeness (QED) is 0.328. The molecule has 2 heterocycles. The Morgan fingerprint density at radius 2 is 1.84 bits per heavy atom. The fourth-order valence-electron chi connectivity index (χ4n) is 3.92. The zero-order chi connectivity index (χ0) is 26.7. The lowest BCUT2D eigenvalue weighted by Crippen LogP contribution is -2.33. The molecule has 2 aromatic carbocycles. The first-order valence-electron chi connectivity index (χ1n) is 12.0. The average Bonchev–Trinajstić information content (AvgIpc) is 3.50. The zero-order valence-corrected chi connectivity index (χ0v) is 23.8. The average molecular weight is 589 g/mol. The summed E-state index contributed by atoms with van der Waals surface area (Å²) in [5.41, 5.74) is 3.45. The Morgan fingerprint density at radius 1 is 1.11 bits per heavy atom. The van der Waals surface area contributed by atoms with Gasteiger partial charge in [-0.15, -0.1) is 10.2 Å². The van der Waals surface area contributed by atoms with E-state index in [0.29, 0.717) is 34.6 Å². The number of halogens is 1. The molecule has 3 aromatic rings. The maximum Gasteiger partial charge on any atom is 0.252 e. The lowest BCUT2D eigenvalue weighted by Gasteiger charge is -2.22. The van der Waals surface area contributed by atoms with E-state index >= 15 is 0 Å². The van der Waals surface area contributed by atoms with Crippen molar-refractivity contribution in [1.82, 2.24) is 20.1 Å². The van der Waals surface area contributed by atoms with Gasteiger partial charge in [0.1, 0.15) is 0 Å². The Labute approximate surface area is 228 Å². The Bertz CT molecular complexity index is 1330. The summed E-state index contributed by atoms with van der Waals surface area (Å²) in [7, 11) is 0. The number of fused-ring (bicyclic) bond motifs is 1. The second-order valence-corrected chi connectivity index (χ2v) is 10.9. The smallest absolute Gasteiger partial charge is 0.252 e. The number of thioether (sulfide) groups is 1. The predicted molar refractivity (Wildman–Crippen MR) is 146 cm³/mol. The second kappa shape index (κ2) is 11.6. The molecule has 1 atom stereocenters. The van der Waals surface area contributed by atoms with E-state index in [-0.39, 0.29) is 36.3 Å². The van der Waals surface area contributed by atoms with Crippen LogP contribution in [0.2, 0.25) is 0 Å². The van der Waals surface area contributed by atoms with Gasteiger partial charge in [-0.1, -0.05) is 25.6 Å². The van der Waals surface area contributed by atoms with E-state index in [0.717, 1.165) is 21.3 Å². The highest BCUT2D eigenvalue weighted by atomic mass is 79.9. The summed E-state index contributed by atoms with van der Waals surface area (Å²) in [6.07, 6.45) is 0. The molecule has 2 N–H and O–H groups in total. The predicted octanol–water partition coefficient (Wildman–Crippen LogP) is 5.26. The minimum Gasteiger partial charge on any atom is -0.454 e. The number of nitrogens with zero attached hydrogens (tertiary/aromatic N) is 3. The van der Waals surface area contributed by atoms with Gasteiger partial charge in [0.25, 0.3) is 5.91 Å². The number of hydrogen-bond donors (Lipinski definition) is 2. The van der Waals surface area contributed by atoms with Crippen molar-refractivity contribution < 1.29 is 19.1 Å². The highest BCUT2D eigenvalue weighted by Gasteiger charge is 2.27. The molecule has 196 valence electrons. The van der Waals surface area contributed by atoms with Crippen molar-refractivity contribution in [3.63, 3.8) is 0 Å². The van der Waals surface area contributed by atoms with Crippen molar-refractivity contribution in [3.05, 3.63) is 57.3 Å². The van der Waals surface area contributed by atoms with E-state index in [1.165, 1.54) is 11.8 Å². The molecule has 0 bridgehead atoms. The van der Waals surface area contributed by atoms with Crippen molar-refractivity contribution in [2.24, 2.45) is 5.92 Å². The van der Waals surface area contributed by atoms with Crippen molar-refractivity contribution in [1.29, 1.82) is 0 Å².